The zero-order valence-corrected chi connectivity index (χ0v) is 22.4. The first-order chi connectivity index (χ1) is 19.8. The van der Waals surface area contributed by atoms with Crippen molar-refractivity contribution in [2.45, 2.75) is 68.1 Å². The smallest absolute Gasteiger partial charge is 0.316 e. The fourth-order valence-corrected chi connectivity index (χ4v) is 6.06. The number of fused-ring (bicyclic) bond motifs is 3. The molecule has 0 saturated carbocycles. The maximum atomic E-state index is 13.9. The number of rotatable bonds is 5. The maximum Gasteiger partial charge on any atom is 0.316 e. The second-order valence-electron chi connectivity index (χ2n) is 10.6. The number of aliphatic hydroxyl groups is 6. The quantitative estimate of drug-likeness (QED) is 0.130. The summed E-state index contributed by atoms with van der Waals surface area (Å²) in [6.07, 6.45) is -10.6. The fraction of sp³-hybridized carbons (Fsp3) is 0.464. The van der Waals surface area contributed by atoms with E-state index in [0.29, 0.717) is 0 Å². The topological polar surface area (TPSA) is 241 Å². The van der Waals surface area contributed by atoms with Crippen molar-refractivity contribution in [1.29, 1.82) is 0 Å². The number of phenols is 2. The summed E-state index contributed by atoms with van der Waals surface area (Å²) in [5, 5.41) is 84.9. The molecule has 8 unspecified atom stereocenters. The van der Waals surface area contributed by atoms with E-state index in [2.05, 4.69) is 0 Å². The van der Waals surface area contributed by atoms with Gasteiger partial charge in [-0.05, 0) is 12.5 Å². The van der Waals surface area contributed by atoms with Gasteiger partial charge in [0, 0.05) is 23.1 Å². The SMILES string of the molecule is CCC1(O)CC(O)c2c(O)c3c(c(O)c2C1C(=O)OC)C(=O)c1cccc(OC2OC(CO)C(O)C(O)C2O)c1C3=O. The lowest BCUT2D eigenvalue weighted by molar-refractivity contribution is -0.277. The molecule has 14 nitrogen and oxygen atoms in total. The summed E-state index contributed by atoms with van der Waals surface area (Å²) < 4.78 is 15.8. The van der Waals surface area contributed by atoms with Gasteiger partial charge in [0.2, 0.25) is 12.1 Å². The Kier molecular flexibility index (Phi) is 7.52. The van der Waals surface area contributed by atoms with Gasteiger partial charge in [-0.1, -0.05) is 19.1 Å². The molecular weight excluding hydrogens is 560 g/mol. The van der Waals surface area contributed by atoms with Crippen LogP contribution in [0.1, 0.15) is 74.8 Å². The number of hydrogen-bond acceptors (Lipinski definition) is 14. The Morgan fingerprint density at radius 3 is 2.24 bits per heavy atom. The Balaban J connectivity index is 1.66. The Morgan fingerprint density at radius 1 is 0.976 bits per heavy atom. The van der Waals surface area contributed by atoms with E-state index in [0.717, 1.165) is 7.11 Å². The minimum absolute atomic E-state index is 0.0745. The van der Waals surface area contributed by atoms with Crippen LogP contribution in [0.25, 0.3) is 0 Å². The summed E-state index contributed by atoms with van der Waals surface area (Å²) in [5.74, 6) is -6.77. The Hall–Kier alpha value is -3.63. The van der Waals surface area contributed by atoms with Gasteiger partial charge in [-0.25, -0.2) is 0 Å². The van der Waals surface area contributed by atoms with E-state index in [1.165, 1.54) is 25.1 Å². The lowest BCUT2D eigenvalue weighted by atomic mass is 9.66. The second kappa shape index (κ2) is 10.6. The van der Waals surface area contributed by atoms with Crippen molar-refractivity contribution in [2.75, 3.05) is 13.7 Å². The molecular formula is C28H30O14. The number of aliphatic hydroxyl groups excluding tert-OH is 5. The third kappa shape index (κ3) is 4.18. The van der Waals surface area contributed by atoms with Crippen LogP contribution in [0.5, 0.6) is 17.2 Å². The molecule has 0 radical (unpaired) electrons. The first-order valence-corrected chi connectivity index (χ1v) is 13.1. The molecule has 226 valence electrons. The molecule has 1 saturated heterocycles. The summed E-state index contributed by atoms with van der Waals surface area (Å²) in [4.78, 5) is 40.5. The zero-order valence-electron chi connectivity index (χ0n) is 22.4. The first-order valence-electron chi connectivity index (χ1n) is 13.1. The van der Waals surface area contributed by atoms with E-state index in [4.69, 9.17) is 14.2 Å². The van der Waals surface area contributed by atoms with Gasteiger partial charge in [-0.2, -0.15) is 0 Å². The van der Waals surface area contributed by atoms with Gasteiger partial charge < -0.3 is 55.1 Å². The lowest BCUT2D eigenvalue weighted by Crippen LogP contribution is -2.60. The van der Waals surface area contributed by atoms with Crippen LogP contribution >= 0.6 is 0 Å². The van der Waals surface area contributed by atoms with E-state index in [1.54, 1.807) is 0 Å². The van der Waals surface area contributed by atoms with Crippen LogP contribution in [0.2, 0.25) is 0 Å². The molecule has 8 atom stereocenters. The first kappa shape index (κ1) is 29.8. The van der Waals surface area contributed by atoms with Crippen LogP contribution in [0.15, 0.2) is 18.2 Å². The molecule has 42 heavy (non-hydrogen) atoms. The number of hydrogen-bond donors (Lipinski definition) is 8. The van der Waals surface area contributed by atoms with Gasteiger partial charge in [0.1, 0.15) is 47.6 Å². The Labute approximate surface area is 237 Å². The minimum Gasteiger partial charge on any atom is -0.507 e. The van der Waals surface area contributed by atoms with Crippen LogP contribution < -0.4 is 4.74 Å². The van der Waals surface area contributed by atoms with Crippen LogP contribution in [0.4, 0.5) is 0 Å². The molecule has 0 bridgehead atoms. The van der Waals surface area contributed by atoms with E-state index in [-0.39, 0.29) is 17.7 Å². The van der Waals surface area contributed by atoms with Crippen LogP contribution in [0.3, 0.4) is 0 Å². The van der Waals surface area contributed by atoms with Crippen molar-refractivity contribution >= 4 is 17.5 Å². The number of ketones is 2. The molecule has 8 N–H and O–H groups in total. The molecule has 1 heterocycles. The standard InChI is InChI=1S/C28H30O14/c1-3-28(39)7-10(30)14-15(18(28)26(38)40-2)23(35)16-17(22(14)34)21(33)13-9(19(16)31)5-4-6-11(13)41-27-25(37)24(36)20(32)12(8-29)42-27/h4-6,10,12,18,20,24-25,27,29-30,32,34-37,39H,3,7-8H2,1-2H3. The van der Waals surface area contributed by atoms with E-state index in [9.17, 15) is 55.2 Å². The van der Waals surface area contributed by atoms with Crippen molar-refractivity contribution in [3.8, 4) is 17.2 Å². The third-order valence-corrected chi connectivity index (χ3v) is 8.32. The predicted molar refractivity (Wildman–Crippen MR) is 137 cm³/mol. The number of ether oxygens (including phenoxy) is 3. The summed E-state index contributed by atoms with van der Waals surface area (Å²) in [7, 11) is 1.04. The van der Waals surface area contributed by atoms with Crippen LogP contribution in [0, 0.1) is 0 Å². The summed E-state index contributed by atoms with van der Waals surface area (Å²) in [6.45, 7) is 0.785. The number of carbonyl (C=O) groups excluding carboxylic acids is 3. The predicted octanol–water partition coefficient (Wildman–Crippen LogP) is -1.11. The molecule has 1 fully saturated rings. The second-order valence-corrected chi connectivity index (χ2v) is 10.6. The average Bonchev–Trinajstić information content (AvgIpc) is 2.97. The highest BCUT2D eigenvalue weighted by Crippen LogP contribution is 2.56. The Bertz CT molecular complexity index is 1470. The monoisotopic (exact) mass is 590 g/mol. The molecule has 0 spiro atoms. The molecule has 0 aromatic heterocycles. The van der Waals surface area contributed by atoms with Crippen molar-refractivity contribution in [3.63, 3.8) is 0 Å². The number of methoxy groups -OCH3 is 1. The highest BCUT2D eigenvalue weighted by atomic mass is 16.7. The normalized spacial score (nSPS) is 32.0. The highest BCUT2D eigenvalue weighted by Gasteiger charge is 2.54. The van der Waals surface area contributed by atoms with Gasteiger partial charge in [-0.15, -0.1) is 0 Å². The van der Waals surface area contributed by atoms with Crippen LogP contribution in [-0.2, 0) is 14.3 Å². The van der Waals surface area contributed by atoms with Gasteiger partial charge in [0.05, 0.1) is 42.1 Å². The van der Waals surface area contributed by atoms with E-state index >= 15 is 0 Å². The lowest BCUT2D eigenvalue weighted by Gasteiger charge is -2.42. The van der Waals surface area contributed by atoms with Gasteiger partial charge >= 0.3 is 5.97 Å². The molecule has 0 amide bonds. The third-order valence-electron chi connectivity index (χ3n) is 8.32. The molecule has 3 aliphatic rings. The van der Waals surface area contributed by atoms with Crippen molar-refractivity contribution < 1.29 is 69.4 Å². The average molecular weight is 591 g/mol. The van der Waals surface area contributed by atoms with Crippen LogP contribution in [-0.4, -0.2) is 108 Å². The molecule has 2 aromatic carbocycles. The van der Waals surface area contributed by atoms with Gasteiger partial charge in [0.15, 0.2) is 5.78 Å². The van der Waals surface area contributed by atoms with Gasteiger partial charge in [-0.3, -0.25) is 14.4 Å². The fourth-order valence-electron chi connectivity index (χ4n) is 6.06. The molecule has 2 aromatic rings. The number of phenolic OH excluding ortho intramolecular Hbond substituents is 2. The van der Waals surface area contributed by atoms with Crippen molar-refractivity contribution in [2.24, 2.45) is 0 Å². The Morgan fingerprint density at radius 2 is 1.62 bits per heavy atom. The van der Waals surface area contributed by atoms with Crippen molar-refractivity contribution in [3.05, 3.63) is 51.6 Å². The summed E-state index contributed by atoms with van der Waals surface area (Å²) >= 11 is 0. The number of benzene rings is 2. The highest BCUT2D eigenvalue weighted by molar-refractivity contribution is 6.31. The number of aromatic hydroxyl groups is 2. The molecule has 5 rings (SSSR count). The number of esters is 1. The zero-order chi connectivity index (χ0) is 30.8. The minimum atomic E-state index is -1.93. The summed E-state index contributed by atoms with van der Waals surface area (Å²) in [6, 6.07) is 3.76. The van der Waals surface area contributed by atoms with Crippen molar-refractivity contribution in [1.82, 2.24) is 0 Å². The molecule has 2 aliphatic carbocycles. The largest absolute Gasteiger partial charge is 0.507 e. The number of carbonyl (C=O) groups is 3. The van der Waals surface area contributed by atoms with E-state index in [1.807, 2.05) is 0 Å². The molecule has 14 heteroatoms. The van der Waals surface area contributed by atoms with E-state index < -0.39 is 118 Å². The maximum absolute atomic E-state index is 13.9. The summed E-state index contributed by atoms with van der Waals surface area (Å²) in [5.41, 5.74) is -4.89. The molecule has 1 aliphatic heterocycles. The van der Waals surface area contributed by atoms with Gasteiger partial charge in [0.25, 0.3) is 0 Å².